The third-order valence-corrected chi connectivity index (χ3v) is 6.87. The Bertz CT molecular complexity index is 1330. The largest absolute Gasteiger partial charge is 0.507 e. The molecule has 37 heavy (non-hydrogen) atoms. The molecule has 1 amide bonds. The van der Waals surface area contributed by atoms with Crippen molar-refractivity contribution in [3.05, 3.63) is 101 Å². The topological polar surface area (TPSA) is 76.1 Å². The van der Waals surface area contributed by atoms with E-state index >= 15 is 0 Å². The van der Waals surface area contributed by atoms with E-state index in [2.05, 4.69) is 6.92 Å². The van der Waals surface area contributed by atoms with E-state index in [1.165, 1.54) is 4.90 Å². The van der Waals surface area contributed by atoms with Crippen LogP contribution in [0.25, 0.3) is 5.76 Å². The smallest absolute Gasteiger partial charge is 0.295 e. The number of Topliss-reactive ketones (excluding diaryl/α,β-unsaturated/α-hetero) is 1. The fourth-order valence-electron chi connectivity index (χ4n) is 4.98. The summed E-state index contributed by atoms with van der Waals surface area (Å²) >= 11 is 0. The number of aliphatic hydroxyl groups excluding tert-OH is 1. The van der Waals surface area contributed by atoms with Gasteiger partial charge >= 0.3 is 0 Å². The van der Waals surface area contributed by atoms with Crippen LogP contribution in [0, 0.1) is 0 Å². The molecule has 3 aromatic carbocycles. The fourth-order valence-corrected chi connectivity index (χ4v) is 4.98. The van der Waals surface area contributed by atoms with Gasteiger partial charge in [-0.1, -0.05) is 55.8 Å². The minimum absolute atomic E-state index is 0.0573. The summed E-state index contributed by atoms with van der Waals surface area (Å²) in [6.07, 6.45) is 2.78. The van der Waals surface area contributed by atoms with Crippen molar-refractivity contribution >= 4 is 17.4 Å². The number of carbonyl (C=O) groups is 2. The lowest BCUT2D eigenvalue weighted by Gasteiger charge is -2.25. The number of benzene rings is 3. The van der Waals surface area contributed by atoms with Crippen LogP contribution in [0.3, 0.4) is 0 Å². The van der Waals surface area contributed by atoms with Crippen LogP contribution in [0.15, 0.2) is 78.4 Å². The first kappa shape index (κ1) is 24.6. The Morgan fingerprint density at radius 2 is 1.81 bits per heavy atom. The molecule has 0 aromatic heterocycles. The lowest BCUT2D eigenvalue weighted by molar-refractivity contribution is -0.140. The van der Waals surface area contributed by atoms with Crippen molar-refractivity contribution in [2.75, 3.05) is 6.61 Å². The van der Waals surface area contributed by atoms with Gasteiger partial charge in [-0.15, -0.1) is 0 Å². The molecule has 0 unspecified atom stereocenters. The Hall–Kier alpha value is -4.06. The number of likely N-dealkylation sites (tertiary alicyclic amines) is 1. The SMILES string of the molecule is CCCCOc1ccc([C@@H]2/C(=C(\O)c3ccc4c(c3)C[C@@H](C)O4)C(=O)C(=O)N2Cc2ccccc2)cc1. The second-order valence-corrected chi connectivity index (χ2v) is 9.64. The van der Waals surface area contributed by atoms with E-state index in [1.807, 2.05) is 73.7 Å². The van der Waals surface area contributed by atoms with Crippen LogP contribution in [0.1, 0.15) is 55.0 Å². The molecular formula is C31H31NO5. The predicted octanol–water partition coefficient (Wildman–Crippen LogP) is 5.81. The van der Waals surface area contributed by atoms with Crippen molar-refractivity contribution in [2.24, 2.45) is 0 Å². The van der Waals surface area contributed by atoms with Gasteiger partial charge in [0.2, 0.25) is 0 Å². The normalized spacial score (nSPS) is 20.1. The Kier molecular flexibility index (Phi) is 6.99. The summed E-state index contributed by atoms with van der Waals surface area (Å²) in [6.45, 7) is 4.97. The highest BCUT2D eigenvalue weighted by atomic mass is 16.5. The first-order chi connectivity index (χ1) is 18.0. The molecule has 0 saturated carbocycles. The number of aliphatic hydroxyl groups is 1. The Balaban J connectivity index is 1.56. The molecule has 2 aliphatic rings. The summed E-state index contributed by atoms with van der Waals surface area (Å²) in [5, 5.41) is 11.4. The van der Waals surface area contributed by atoms with Crippen molar-refractivity contribution in [1.29, 1.82) is 0 Å². The van der Waals surface area contributed by atoms with Crippen LogP contribution in [-0.4, -0.2) is 34.4 Å². The van der Waals surface area contributed by atoms with E-state index in [0.717, 1.165) is 47.5 Å². The van der Waals surface area contributed by atoms with E-state index in [9.17, 15) is 14.7 Å². The number of nitrogens with zero attached hydrogens (tertiary/aromatic N) is 1. The van der Waals surface area contributed by atoms with Gasteiger partial charge in [0.15, 0.2) is 0 Å². The third kappa shape index (κ3) is 4.96. The second kappa shape index (κ2) is 10.5. The first-order valence-corrected chi connectivity index (χ1v) is 12.8. The van der Waals surface area contributed by atoms with E-state index in [1.54, 1.807) is 6.07 Å². The number of unbranched alkanes of at least 4 members (excludes halogenated alkanes) is 1. The molecule has 0 bridgehead atoms. The van der Waals surface area contributed by atoms with E-state index in [-0.39, 0.29) is 24.0 Å². The van der Waals surface area contributed by atoms with Crippen LogP contribution in [0.2, 0.25) is 0 Å². The van der Waals surface area contributed by atoms with E-state index in [0.29, 0.717) is 12.2 Å². The maximum absolute atomic E-state index is 13.4. The number of ether oxygens (including phenoxy) is 2. The van der Waals surface area contributed by atoms with Gasteiger partial charge in [-0.25, -0.2) is 0 Å². The zero-order chi connectivity index (χ0) is 25.9. The summed E-state index contributed by atoms with van der Waals surface area (Å²) < 4.78 is 11.6. The summed E-state index contributed by atoms with van der Waals surface area (Å²) in [4.78, 5) is 28.2. The van der Waals surface area contributed by atoms with Crippen molar-refractivity contribution in [1.82, 2.24) is 4.90 Å². The molecular weight excluding hydrogens is 466 g/mol. The van der Waals surface area contributed by atoms with Crippen molar-refractivity contribution in [3.63, 3.8) is 0 Å². The number of rotatable bonds is 8. The first-order valence-electron chi connectivity index (χ1n) is 12.8. The standard InChI is InChI=1S/C31H31NO5/c1-3-4-16-36-25-13-10-22(11-14-25)28-27(29(33)23-12-15-26-24(18-23)17-20(2)37-26)30(34)31(35)32(28)19-21-8-6-5-7-9-21/h5-15,18,20,28,33H,3-4,16-17,19H2,1-2H3/b29-27+/t20-,28-/m1/s1. The van der Waals surface area contributed by atoms with Crippen LogP contribution in [-0.2, 0) is 22.6 Å². The molecule has 1 N–H and O–H groups in total. The molecule has 1 saturated heterocycles. The number of carbonyl (C=O) groups excluding carboxylic acids is 2. The maximum Gasteiger partial charge on any atom is 0.295 e. The fraction of sp³-hybridized carbons (Fsp3) is 0.290. The zero-order valence-electron chi connectivity index (χ0n) is 21.1. The van der Waals surface area contributed by atoms with Crippen molar-refractivity contribution in [2.45, 2.75) is 51.8 Å². The van der Waals surface area contributed by atoms with Gasteiger partial charge in [0.1, 0.15) is 23.4 Å². The molecule has 2 heterocycles. The average Bonchev–Trinajstić information content (AvgIpc) is 3.40. The van der Waals surface area contributed by atoms with Gasteiger partial charge in [0.25, 0.3) is 11.7 Å². The maximum atomic E-state index is 13.4. The van der Waals surface area contributed by atoms with Crippen molar-refractivity contribution < 1.29 is 24.2 Å². The third-order valence-electron chi connectivity index (χ3n) is 6.87. The highest BCUT2D eigenvalue weighted by Gasteiger charge is 2.46. The summed E-state index contributed by atoms with van der Waals surface area (Å²) in [7, 11) is 0. The van der Waals surface area contributed by atoms with Crippen LogP contribution >= 0.6 is 0 Å². The lowest BCUT2D eigenvalue weighted by Crippen LogP contribution is -2.29. The van der Waals surface area contributed by atoms with Gasteiger partial charge in [0.05, 0.1) is 18.2 Å². The second-order valence-electron chi connectivity index (χ2n) is 9.64. The minimum Gasteiger partial charge on any atom is -0.507 e. The molecule has 2 atom stereocenters. The molecule has 1 fully saturated rings. The van der Waals surface area contributed by atoms with Gasteiger partial charge in [-0.2, -0.15) is 0 Å². The number of amides is 1. The summed E-state index contributed by atoms with van der Waals surface area (Å²) in [5.41, 5.74) is 3.20. The van der Waals surface area contributed by atoms with Gasteiger partial charge < -0.3 is 19.5 Å². The Labute approximate surface area is 217 Å². The molecule has 3 aromatic rings. The molecule has 6 nitrogen and oxygen atoms in total. The molecule has 0 spiro atoms. The van der Waals surface area contributed by atoms with Gasteiger partial charge in [-0.05, 0) is 60.4 Å². The monoisotopic (exact) mass is 497 g/mol. The summed E-state index contributed by atoms with van der Waals surface area (Å²) in [5.74, 6) is 0.0156. The molecule has 0 radical (unpaired) electrons. The van der Waals surface area contributed by atoms with Gasteiger partial charge in [-0.3, -0.25) is 9.59 Å². The van der Waals surface area contributed by atoms with Crippen LogP contribution < -0.4 is 9.47 Å². The molecule has 0 aliphatic carbocycles. The number of fused-ring (bicyclic) bond motifs is 1. The van der Waals surface area contributed by atoms with E-state index < -0.39 is 17.7 Å². The van der Waals surface area contributed by atoms with Crippen LogP contribution in [0.4, 0.5) is 0 Å². The minimum atomic E-state index is -0.728. The molecule has 2 aliphatic heterocycles. The van der Waals surface area contributed by atoms with Crippen molar-refractivity contribution in [3.8, 4) is 11.5 Å². The number of ketones is 1. The number of hydrogen-bond acceptors (Lipinski definition) is 5. The highest BCUT2D eigenvalue weighted by molar-refractivity contribution is 6.46. The molecule has 6 heteroatoms. The van der Waals surface area contributed by atoms with Gasteiger partial charge in [0, 0.05) is 18.5 Å². The Morgan fingerprint density at radius 3 is 2.54 bits per heavy atom. The predicted molar refractivity (Wildman–Crippen MR) is 141 cm³/mol. The lowest BCUT2D eigenvalue weighted by atomic mass is 9.94. The number of hydrogen-bond donors (Lipinski definition) is 1. The molecule has 5 rings (SSSR count). The Morgan fingerprint density at radius 1 is 1.05 bits per heavy atom. The molecule has 190 valence electrons. The quantitative estimate of drug-likeness (QED) is 0.184. The average molecular weight is 498 g/mol. The van der Waals surface area contributed by atoms with E-state index in [4.69, 9.17) is 9.47 Å². The zero-order valence-corrected chi connectivity index (χ0v) is 21.1. The summed E-state index contributed by atoms with van der Waals surface area (Å²) in [6, 6.07) is 21.6. The highest BCUT2D eigenvalue weighted by Crippen LogP contribution is 2.41. The van der Waals surface area contributed by atoms with Crippen LogP contribution in [0.5, 0.6) is 11.5 Å².